The van der Waals surface area contributed by atoms with Crippen molar-refractivity contribution in [3.63, 3.8) is 0 Å². The van der Waals surface area contributed by atoms with Gasteiger partial charge in [0, 0.05) is 6.42 Å². The number of carbonyl (C=O) groups is 2. The number of aromatic hydroxyl groups is 1. The van der Waals surface area contributed by atoms with E-state index in [0.717, 1.165) is 6.08 Å². The van der Waals surface area contributed by atoms with Crippen LogP contribution in [0, 0.1) is 0 Å². The predicted molar refractivity (Wildman–Crippen MR) is 61.6 cm³/mol. The Kier molecular flexibility index (Phi) is 4.28. The molecule has 0 aromatic heterocycles. The summed E-state index contributed by atoms with van der Waals surface area (Å²) in [6, 6.07) is 5.12. The highest BCUT2D eigenvalue weighted by molar-refractivity contribution is 5.90. The van der Waals surface area contributed by atoms with E-state index in [1.165, 1.54) is 12.1 Å². The van der Waals surface area contributed by atoms with E-state index in [1.807, 2.05) is 0 Å². The zero-order valence-electron chi connectivity index (χ0n) is 9.09. The molecule has 17 heavy (non-hydrogen) atoms. The molecule has 0 aliphatic carbocycles. The van der Waals surface area contributed by atoms with Gasteiger partial charge in [0.15, 0.2) is 0 Å². The molecule has 0 aliphatic heterocycles. The maximum Gasteiger partial charge on any atom is 0.326 e. The summed E-state index contributed by atoms with van der Waals surface area (Å²) in [5, 5.41) is 20.3. The minimum Gasteiger partial charge on any atom is -0.508 e. The molecular formula is C12H13NO4. The van der Waals surface area contributed by atoms with Gasteiger partial charge in [0.05, 0.1) is 0 Å². The average Bonchev–Trinajstić information content (AvgIpc) is 2.30. The number of nitrogens with one attached hydrogen (secondary N) is 1. The van der Waals surface area contributed by atoms with Crippen molar-refractivity contribution in [1.82, 2.24) is 5.32 Å². The van der Waals surface area contributed by atoms with E-state index >= 15 is 0 Å². The molecule has 3 N–H and O–H groups in total. The molecule has 1 aromatic rings. The van der Waals surface area contributed by atoms with Crippen molar-refractivity contribution in [2.75, 3.05) is 0 Å². The van der Waals surface area contributed by atoms with Crippen LogP contribution < -0.4 is 5.32 Å². The Morgan fingerprint density at radius 3 is 2.41 bits per heavy atom. The van der Waals surface area contributed by atoms with Gasteiger partial charge in [0.1, 0.15) is 11.8 Å². The Labute approximate surface area is 98.4 Å². The second-order valence-electron chi connectivity index (χ2n) is 3.47. The van der Waals surface area contributed by atoms with Gasteiger partial charge in [-0.1, -0.05) is 18.7 Å². The lowest BCUT2D eigenvalue weighted by Gasteiger charge is -2.13. The summed E-state index contributed by atoms with van der Waals surface area (Å²) in [6.45, 7) is 3.25. The highest BCUT2D eigenvalue weighted by Gasteiger charge is 2.19. The zero-order valence-corrected chi connectivity index (χ0v) is 9.09. The fourth-order valence-electron chi connectivity index (χ4n) is 1.30. The van der Waals surface area contributed by atoms with E-state index in [4.69, 9.17) is 10.2 Å². The van der Waals surface area contributed by atoms with Crippen molar-refractivity contribution in [1.29, 1.82) is 0 Å². The molecule has 0 bridgehead atoms. The lowest BCUT2D eigenvalue weighted by molar-refractivity contribution is -0.141. The first-order valence-electron chi connectivity index (χ1n) is 4.96. The smallest absolute Gasteiger partial charge is 0.326 e. The second kappa shape index (κ2) is 5.69. The van der Waals surface area contributed by atoms with Crippen LogP contribution in [0.2, 0.25) is 0 Å². The Morgan fingerprint density at radius 1 is 1.35 bits per heavy atom. The zero-order chi connectivity index (χ0) is 12.8. The molecule has 0 heterocycles. The van der Waals surface area contributed by atoms with Crippen LogP contribution in [0.1, 0.15) is 5.56 Å². The quantitative estimate of drug-likeness (QED) is 0.655. The molecule has 90 valence electrons. The van der Waals surface area contributed by atoms with Crippen molar-refractivity contribution >= 4 is 11.9 Å². The summed E-state index contributed by atoms with van der Waals surface area (Å²) < 4.78 is 0. The van der Waals surface area contributed by atoms with Crippen molar-refractivity contribution in [2.24, 2.45) is 0 Å². The van der Waals surface area contributed by atoms with Gasteiger partial charge >= 0.3 is 5.97 Å². The molecule has 1 atom stereocenters. The maximum absolute atomic E-state index is 11.0. The van der Waals surface area contributed by atoms with Crippen LogP contribution in [0.3, 0.4) is 0 Å². The molecular weight excluding hydrogens is 222 g/mol. The van der Waals surface area contributed by atoms with Crippen molar-refractivity contribution in [3.8, 4) is 5.75 Å². The van der Waals surface area contributed by atoms with Crippen molar-refractivity contribution < 1.29 is 19.8 Å². The third-order valence-electron chi connectivity index (χ3n) is 2.18. The number of carbonyl (C=O) groups excluding carboxylic acids is 1. The third-order valence-corrected chi connectivity index (χ3v) is 2.18. The molecule has 0 aliphatic rings. The van der Waals surface area contributed by atoms with Gasteiger partial charge in [-0.05, 0) is 23.8 Å². The first-order chi connectivity index (χ1) is 8.02. The van der Waals surface area contributed by atoms with Crippen molar-refractivity contribution in [3.05, 3.63) is 42.5 Å². The Morgan fingerprint density at radius 2 is 1.94 bits per heavy atom. The number of aliphatic carboxylic acids is 1. The number of benzene rings is 1. The molecule has 5 heteroatoms. The fraction of sp³-hybridized carbons (Fsp3) is 0.167. The minimum atomic E-state index is -1.12. The predicted octanol–water partition coefficient (Wildman–Crippen LogP) is 0.690. The molecule has 5 nitrogen and oxygen atoms in total. The molecule has 0 unspecified atom stereocenters. The van der Waals surface area contributed by atoms with Gasteiger partial charge < -0.3 is 15.5 Å². The largest absolute Gasteiger partial charge is 0.508 e. The van der Waals surface area contributed by atoms with Gasteiger partial charge in [-0.2, -0.15) is 0 Å². The number of hydrogen-bond donors (Lipinski definition) is 3. The highest BCUT2D eigenvalue weighted by Crippen LogP contribution is 2.11. The third kappa shape index (κ3) is 3.98. The fourth-order valence-corrected chi connectivity index (χ4v) is 1.30. The molecule has 0 fully saturated rings. The number of amides is 1. The number of hydrogen-bond acceptors (Lipinski definition) is 3. The molecule has 1 rings (SSSR count). The summed E-state index contributed by atoms with van der Waals surface area (Å²) in [6.07, 6.45) is 1.17. The van der Waals surface area contributed by atoms with Crippen LogP contribution in [-0.2, 0) is 16.0 Å². The Balaban J connectivity index is 2.73. The maximum atomic E-state index is 11.0. The molecule has 0 saturated carbocycles. The van der Waals surface area contributed by atoms with E-state index in [0.29, 0.717) is 5.56 Å². The van der Waals surface area contributed by atoms with Crippen LogP contribution in [0.4, 0.5) is 0 Å². The van der Waals surface area contributed by atoms with Gasteiger partial charge in [-0.3, -0.25) is 4.79 Å². The van der Waals surface area contributed by atoms with Crippen LogP contribution >= 0.6 is 0 Å². The molecule has 1 amide bonds. The van der Waals surface area contributed by atoms with Gasteiger partial charge in [0.25, 0.3) is 0 Å². The lowest BCUT2D eigenvalue weighted by Crippen LogP contribution is -2.41. The Hall–Kier alpha value is -2.30. The van der Waals surface area contributed by atoms with E-state index in [-0.39, 0.29) is 12.2 Å². The normalized spacial score (nSPS) is 11.5. The van der Waals surface area contributed by atoms with E-state index in [9.17, 15) is 9.59 Å². The standard InChI is InChI=1S/C12H13NO4/c1-2-11(15)13-10(12(16)17)7-8-3-5-9(14)6-4-8/h2-6,10,14H,1,7H2,(H,13,15)(H,16,17)/t10-/m1/s1. The molecule has 0 spiro atoms. The summed E-state index contributed by atoms with van der Waals surface area (Å²) >= 11 is 0. The molecule has 0 radical (unpaired) electrons. The monoisotopic (exact) mass is 235 g/mol. The molecule has 0 saturated heterocycles. The summed E-state index contributed by atoms with van der Waals surface area (Å²) in [5.74, 6) is -1.54. The SMILES string of the molecule is C=CC(=O)N[C@H](Cc1ccc(O)cc1)C(=O)O. The molecule has 1 aromatic carbocycles. The van der Waals surface area contributed by atoms with Gasteiger partial charge in [-0.25, -0.2) is 4.79 Å². The van der Waals surface area contributed by atoms with Gasteiger partial charge in [0.2, 0.25) is 5.91 Å². The number of rotatable bonds is 5. The van der Waals surface area contributed by atoms with Crippen LogP contribution in [0.15, 0.2) is 36.9 Å². The number of carboxylic acid groups (broad SMARTS) is 1. The lowest BCUT2D eigenvalue weighted by atomic mass is 10.1. The van der Waals surface area contributed by atoms with E-state index in [1.54, 1.807) is 12.1 Å². The first kappa shape index (κ1) is 12.8. The van der Waals surface area contributed by atoms with Crippen LogP contribution in [0.5, 0.6) is 5.75 Å². The van der Waals surface area contributed by atoms with Crippen LogP contribution in [-0.4, -0.2) is 28.1 Å². The van der Waals surface area contributed by atoms with Crippen LogP contribution in [0.25, 0.3) is 0 Å². The minimum absolute atomic E-state index is 0.107. The Bertz CT molecular complexity index is 425. The summed E-state index contributed by atoms with van der Waals surface area (Å²) in [5.41, 5.74) is 0.708. The van der Waals surface area contributed by atoms with Crippen molar-refractivity contribution in [2.45, 2.75) is 12.5 Å². The van der Waals surface area contributed by atoms with E-state index in [2.05, 4.69) is 11.9 Å². The first-order valence-corrected chi connectivity index (χ1v) is 4.96. The summed E-state index contributed by atoms with van der Waals surface area (Å²) in [7, 11) is 0. The number of phenolic OH excluding ortho intramolecular Hbond substituents is 1. The average molecular weight is 235 g/mol. The highest BCUT2D eigenvalue weighted by atomic mass is 16.4. The number of phenols is 1. The second-order valence-corrected chi connectivity index (χ2v) is 3.47. The van der Waals surface area contributed by atoms with Gasteiger partial charge in [-0.15, -0.1) is 0 Å². The topological polar surface area (TPSA) is 86.6 Å². The number of carboxylic acids is 1. The summed E-state index contributed by atoms with van der Waals surface area (Å²) in [4.78, 5) is 22.0. The van der Waals surface area contributed by atoms with E-state index < -0.39 is 17.9 Å².